The van der Waals surface area contributed by atoms with Gasteiger partial charge in [0, 0.05) is 23.6 Å². The van der Waals surface area contributed by atoms with Gasteiger partial charge in [0.25, 0.3) is 0 Å². The lowest BCUT2D eigenvalue weighted by Crippen LogP contribution is -2.38. The molecule has 4 rings (SSSR count). The minimum absolute atomic E-state index is 0.0229. The van der Waals surface area contributed by atoms with Gasteiger partial charge in [0.1, 0.15) is 40.2 Å². The van der Waals surface area contributed by atoms with Crippen molar-refractivity contribution in [3.63, 3.8) is 0 Å². The fraction of sp³-hybridized carbons (Fsp3) is 0.320. The van der Waals surface area contributed by atoms with Gasteiger partial charge in [-0.05, 0) is 52.0 Å². The molecule has 0 radical (unpaired) electrons. The highest BCUT2D eigenvalue weighted by molar-refractivity contribution is 5.97. The van der Waals surface area contributed by atoms with Crippen LogP contribution < -0.4 is 10.2 Å². The molecule has 0 bridgehead atoms. The normalized spacial score (nSPS) is 15.8. The van der Waals surface area contributed by atoms with Gasteiger partial charge in [0.05, 0.1) is 22.8 Å². The first-order valence-corrected chi connectivity index (χ1v) is 10.4. The van der Waals surface area contributed by atoms with E-state index in [1.165, 1.54) is 32.2 Å². The van der Waals surface area contributed by atoms with Crippen molar-refractivity contribution in [2.75, 3.05) is 0 Å². The van der Waals surface area contributed by atoms with E-state index in [2.05, 4.69) is 0 Å². The molecular weight excluding hydrogens is 428 g/mol. The Morgan fingerprint density at radius 1 is 1.12 bits per heavy atom. The standard InChI is InChI=1S/C25H26O8/c1-24(2)8-7-14-22(33-24)15(10-18(28)25(3,4)31)20(29)19-21(30)16(11-32-23(14)19)13-6-5-12(26)9-17(13)27/h5-9,11,18,26-29,31H,10H2,1-4H3/t18-/m0/s1. The van der Waals surface area contributed by atoms with Crippen molar-refractivity contribution in [1.82, 2.24) is 0 Å². The molecule has 1 aromatic heterocycles. The lowest BCUT2D eigenvalue weighted by Gasteiger charge is -2.32. The average Bonchev–Trinajstić information content (AvgIpc) is 2.70. The zero-order chi connectivity index (χ0) is 24.3. The maximum Gasteiger partial charge on any atom is 0.204 e. The summed E-state index contributed by atoms with van der Waals surface area (Å²) in [5.41, 5.74) is -2.06. The van der Waals surface area contributed by atoms with Gasteiger partial charge in [-0.15, -0.1) is 0 Å². The van der Waals surface area contributed by atoms with E-state index in [0.29, 0.717) is 5.56 Å². The number of hydrogen-bond acceptors (Lipinski definition) is 8. The van der Waals surface area contributed by atoms with Crippen molar-refractivity contribution < 1.29 is 34.7 Å². The second-order valence-corrected chi connectivity index (χ2v) is 9.37. The van der Waals surface area contributed by atoms with Crippen LogP contribution in [0.5, 0.6) is 23.0 Å². The summed E-state index contributed by atoms with van der Waals surface area (Å²) < 4.78 is 11.8. The van der Waals surface area contributed by atoms with Crippen LogP contribution in [0.25, 0.3) is 28.2 Å². The Morgan fingerprint density at radius 2 is 1.82 bits per heavy atom. The summed E-state index contributed by atoms with van der Waals surface area (Å²) in [7, 11) is 0. The van der Waals surface area contributed by atoms with Crippen LogP contribution in [-0.2, 0) is 6.42 Å². The highest BCUT2D eigenvalue weighted by Crippen LogP contribution is 2.45. The third-order valence-electron chi connectivity index (χ3n) is 5.78. The van der Waals surface area contributed by atoms with Gasteiger partial charge >= 0.3 is 0 Å². The van der Waals surface area contributed by atoms with E-state index >= 15 is 0 Å². The Balaban J connectivity index is 2.04. The summed E-state index contributed by atoms with van der Waals surface area (Å²) in [6.45, 7) is 6.51. The molecule has 33 heavy (non-hydrogen) atoms. The summed E-state index contributed by atoms with van der Waals surface area (Å²) in [6.07, 6.45) is 3.23. The lowest BCUT2D eigenvalue weighted by atomic mass is 9.89. The maximum atomic E-state index is 13.5. The minimum Gasteiger partial charge on any atom is -0.508 e. The number of hydrogen-bond donors (Lipinski definition) is 5. The highest BCUT2D eigenvalue weighted by atomic mass is 16.5. The van der Waals surface area contributed by atoms with E-state index < -0.39 is 28.5 Å². The van der Waals surface area contributed by atoms with Gasteiger partial charge in [-0.25, -0.2) is 0 Å². The van der Waals surface area contributed by atoms with Gasteiger partial charge in [-0.3, -0.25) is 4.79 Å². The average molecular weight is 454 g/mol. The largest absolute Gasteiger partial charge is 0.508 e. The van der Waals surface area contributed by atoms with Crippen LogP contribution in [0.4, 0.5) is 0 Å². The fourth-order valence-electron chi connectivity index (χ4n) is 3.82. The van der Waals surface area contributed by atoms with Crippen LogP contribution in [0.15, 0.2) is 39.7 Å². The van der Waals surface area contributed by atoms with Crippen molar-refractivity contribution in [2.45, 2.75) is 51.4 Å². The van der Waals surface area contributed by atoms with E-state index in [1.807, 2.05) is 13.8 Å². The molecule has 1 aliphatic heterocycles. The lowest BCUT2D eigenvalue weighted by molar-refractivity contribution is -0.0474. The number of fused-ring (bicyclic) bond motifs is 3. The second kappa shape index (κ2) is 7.54. The van der Waals surface area contributed by atoms with Crippen LogP contribution in [0.2, 0.25) is 0 Å². The summed E-state index contributed by atoms with van der Waals surface area (Å²) in [5, 5.41) is 51.6. The molecule has 0 spiro atoms. The number of rotatable bonds is 4. The molecule has 3 aromatic rings. The van der Waals surface area contributed by atoms with E-state index in [0.717, 1.165) is 6.07 Å². The molecule has 8 nitrogen and oxygen atoms in total. The van der Waals surface area contributed by atoms with Crippen LogP contribution in [0, 0.1) is 0 Å². The molecule has 0 saturated heterocycles. The summed E-state index contributed by atoms with van der Waals surface area (Å²) in [4.78, 5) is 13.5. The number of aliphatic hydroxyl groups is 2. The van der Waals surface area contributed by atoms with Crippen LogP contribution in [0.1, 0.15) is 38.8 Å². The summed E-state index contributed by atoms with van der Waals surface area (Å²) >= 11 is 0. The molecule has 1 aliphatic rings. The molecule has 0 unspecified atom stereocenters. The predicted octanol–water partition coefficient (Wildman–Crippen LogP) is 3.44. The first kappa shape index (κ1) is 22.7. The van der Waals surface area contributed by atoms with Gasteiger partial charge in [0.2, 0.25) is 5.43 Å². The van der Waals surface area contributed by atoms with Gasteiger partial charge < -0.3 is 34.7 Å². The van der Waals surface area contributed by atoms with Crippen molar-refractivity contribution in [3.8, 4) is 34.1 Å². The number of phenolic OH excluding ortho intramolecular Hbond substituents is 3. The third-order valence-corrected chi connectivity index (χ3v) is 5.78. The Labute approximate surface area is 189 Å². The van der Waals surface area contributed by atoms with Crippen molar-refractivity contribution >= 4 is 17.0 Å². The monoisotopic (exact) mass is 454 g/mol. The summed E-state index contributed by atoms with van der Waals surface area (Å²) in [6, 6.07) is 3.77. The number of aromatic hydroxyl groups is 3. The molecule has 0 saturated carbocycles. The quantitative estimate of drug-likeness (QED) is 0.404. The smallest absolute Gasteiger partial charge is 0.204 e. The van der Waals surface area contributed by atoms with E-state index in [-0.39, 0.29) is 51.3 Å². The van der Waals surface area contributed by atoms with Gasteiger partial charge in [-0.2, -0.15) is 0 Å². The zero-order valence-corrected chi connectivity index (χ0v) is 18.7. The van der Waals surface area contributed by atoms with Crippen molar-refractivity contribution in [1.29, 1.82) is 0 Å². The van der Waals surface area contributed by atoms with Crippen LogP contribution >= 0.6 is 0 Å². The Hall–Kier alpha value is -3.49. The minimum atomic E-state index is -1.47. The highest BCUT2D eigenvalue weighted by Gasteiger charge is 2.34. The molecule has 8 heteroatoms. The fourth-order valence-corrected chi connectivity index (χ4v) is 3.82. The van der Waals surface area contributed by atoms with Gasteiger partial charge in [-0.1, -0.05) is 0 Å². The molecule has 0 amide bonds. The van der Waals surface area contributed by atoms with Crippen LogP contribution in [-0.4, -0.2) is 42.8 Å². The van der Waals surface area contributed by atoms with E-state index in [1.54, 1.807) is 12.2 Å². The van der Waals surface area contributed by atoms with Crippen LogP contribution in [0.3, 0.4) is 0 Å². The van der Waals surface area contributed by atoms with Crippen molar-refractivity contribution in [3.05, 3.63) is 51.9 Å². The van der Waals surface area contributed by atoms with E-state index in [9.17, 15) is 30.3 Å². The first-order chi connectivity index (χ1) is 15.3. The topological polar surface area (TPSA) is 141 Å². The SMILES string of the molecule is CC1(C)C=Cc2c(c(C[C@H](O)C(C)(C)O)c(O)c3c(=O)c(-c4ccc(O)cc4O)coc23)O1. The molecule has 2 aromatic carbocycles. The molecule has 0 fully saturated rings. The predicted molar refractivity (Wildman–Crippen MR) is 123 cm³/mol. The number of phenols is 3. The Morgan fingerprint density at radius 3 is 2.45 bits per heavy atom. The molecular formula is C25H26O8. The number of ether oxygens (including phenoxy) is 1. The first-order valence-electron chi connectivity index (χ1n) is 10.4. The molecule has 1 atom stereocenters. The third kappa shape index (κ3) is 3.92. The Kier molecular flexibility index (Phi) is 5.18. The summed E-state index contributed by atoms with van der Waals surface area (Å²) in [5.74, 6) is -0.695. The number of benzene rings is 2. The maximum absolute atomic E-state index is 13.5. The molecule has 174 valence electrons. The second-order valence-electron chi connectivity index (χ2n) is 9.37. The van der Waals surface area contributed by atoms with E-state index in [4.69, 9.17) is 9.15 Å². The van der Waals surface area contributed by atoms with Crippen molar-refractivity contribution in [2.24, 2.45) is 0 Å². The molecule has 5 N–H and O–H groups in total. The van der Waals surface area contributed by atoms with Gasteiger partial charge in [0.15, 0.2) is 5.58 Å². The number of aliphatic hydroxyl groups excluding tert-OH is 1. The molecule has 2 heterocycles. The Bertz CT molecular complexity index is 1340. The molecule has 0 aliphatic carbocycles. The zero-order valence-electron chi connectivity index (χ0n) is 18.7.